The molecule has 1 aromatic heterocycles. The minimum Gasteiger partial charge on any atom is -0.465 e. The summed E-state index contributed by atoms with van der Waals surface area (Å²) < 4.78 is 10.2. The molecule has 7 heteroatoms. The van der Waals surface area contributed by atoms with E-state index in [9.17, 15) is 14.4 Å². The SMILES string of the molecule is CCCOC(=O)c1c(NC(=O)C23CC4C[C@@](C)(C2)C[C@](C)(C4)C3)sc(C(=O)OC)c1C. The van der Waals surface area contributed by atoms with Gasteiger partial charge in [-0.3, -0.25) is 4.79 Å². The van der Waals surface area contributed by atoms with Crippen LogP contribution in [0.4, 0.5) is 5.00 Å². The van der Waals surface area contributed by atoms with Crippen LogP contribution in [0.15, 0.2) is 0 Å². The fourth-order valence-corrected chi connectivity index (χ4v) is 8.45. The number of ether oxygens (including phenoxy) is 2. The Morgan fingerprint density at radius 1 is 1.06 bits per heavy atom. The van der Waals surface area contributed by atoms with Crippen LogP contribution in [0.3, 0.4) is 0 Å². The molecule has 0 spiro atoms. The number of hydrogen-bond acceptors (Lipinski definition) is 6. The Bertz CT molecular complexity index is 917. The molecule has 1 amide bonds. The number of anilines is 1. The normalized spacial score (nSPS) is 33.3. The molecule has 6 nitrogen and oxygen atoms in total. The molecule has 4 aliphatic rings. The lowest BCUT2D eigenvalue weighted by Crippen LogP contribution is -2.58. The molecule has 4 fully saturated rings. The van der Waals surface area contributed by atoms with Gasteiger partial charge >= 0.3 is 11.9 Å². The number of carbonyl (C=O) groups is 3. The van der Waals surface area contributed by atoms with Crippen molar-refractivity contribution in [3.8, 4) is 0 Å². The van der Waals surface area contributed by atoms with Crippen LogP contribution in [0.5, 0.6) is 0 Å². The second-order valence-corrected chi connectivity index (χ2v) is 11.8. The van der Waals surface area contributed by atoms with Gasteiger partial charge in [-0.1, -0.05) is 20.8 Å². The molecule has 4 bridgehead atoms. The minimum absolute atomic E-state index is 0.0174. The van der Waals surface area contributed by atoms with Gasteiger partial charge in [0.25, 0.3) is 0 Å². The summed E-state index contributed by atoms with van der Waals surface area (Å²) >= 11 is 1.10. The van der Waals surface area contributed by atoms with E-state index in [1.807, 2.05) is 6.92 Å². The lowest BCUT2D eigenvalue weighted by Gasteiger charge is -2.64. The molecule has 2 unspecified atom stereocenters. The van der Waals surface area contributed by atoms with Crippen LogP contribution in [-0.4, -0.2) is 31.6 Å². The second-order valence-electron chi connectivity index (χ2n) is 10.8. The number of methoxy groups -OCH3 is 1. The first-order chi connectivity index (χ1) is 14.5. The van der Waals surface area contributed by atoms with Gasteiger partial charge in [-0.25, -0.2) is 9.59 Å². The predicted octanol–water partition coefficient (Wildman–Crippen LogP) is 5.35. The summed E-state index contributed by atoms with van der Waals surface area (Å²) in [5.74, 6) is -0.453. The molecule has 0 aliphatic heterocycles. The standard InChI is InChI=1S/C24H33NO5S/c1-6-7-30-19(26)16-14(2)17(20(27)29-5)31-18(16)25-21(28)24-10-15-8-22(3,12-24)11-23(4,9-15)13-24/h15H,6-13H2,1-5H3,(H,25,28)/t15?,22-,23+,24?. The Morgan fingerprint density at radius 2 is 1.71 bits per heavy atom. The topological polar surface area (TPSA) is 81.7 Å². The van der Waals surface area contributed by atoms with E-state index in [0.29, 0.717) is 27.8 Å². The summed E-state index contributed by atoms with van der Waals surface area (Å²) in [5.41, 5.74) is 0.775. The van der Waals surface area contributed by atoms with Gasteiger partial charge in [0.05, 0.1) is 24.7 Å². The molecule has 0 radical (unpaired) electrons. The highest BCUT2D eigenvalue weighted by molar-refractivity contribution is 7.18. The van der Waals surface area contributed by atoms with Gasteiger partial charge in [0.2, 0.25) is 5.91 Å². The van der Waals surface area contributed by atoms with Crippen LogP contribution < -0.4 is 5.32 Å². The van der Waals surface area contributed by atoms with E-state index in [-0.39, 0.29) is 28.9 Å². The maximum atomic E-state index is 13.7. The Hall–Kier alpha value is -1.89. The third-order valence-corrected chi connectivity index (χ3v) is 8.68. The van der Waals surface area contributed by atoms with E-state index in [1.54, 1.807) is 6.92 Å². The van der Waals surface area contributed by atoms with E-state index in [0.717, 1.165) is 30.6 Å². The van der Waals surface area contributed by atoms with Crippen LogP contribution in [-0.2, 0) is 14.3 Å². The number of hydrogen-bond donors (Lipinski definition) is 1. The fourth-order valence-electron chi connectivity index (χ4n) is 7.34. The van der Waals surface area contributed by atoms with Gasteiger partial charge < -0.3 is 14.8 Å². The van der Waals surface area contributed by atoms with Gasteiger partial charge in [-0.15, -0.1) is 11.3 Å². The van der Waals surface area contributed by atoms with Crippen LogP contribution in [0.2, 0.25) is 0 Å². The monoisotopic (exact) mass is 447 g/mol. The van der Waals surface area contributed by atoms with Crippen molar-refractivity contribution in [2.24, 2.45) is 22.2 Å². The molecular weight excluding hydrogens is 414 g/mol. The smallest absolute Gasteiger partial charge is 0.348 e. The molecule has 31 heavy (non-hydrogen) atoms. The first kappa shape index (κ1) is 22.3. The predicted molar refractivity (Wildman–Crippen MR) is 119 cm³/mol. The molecule has 0 aromatic carbocycles. The minimum atomic E-state index is -0.512. The van der Waals surface area contributed by atoms with Crippen LogP contribution >= 0.6 is 11.3 Å². The number of thiophene rings is 1. The summed E-state index contributed by atoms with van der Waals surface area (Å²) in [6.07, 6.45) is 6.98. The van der Waals surface area contributed by atoms with Crippen molar-refractivity contribution in [2.45, 2.75) is 72.6 Å². The van der Waals surface area contributed by atoms with Crippen molar-refractivity contribution in [1.29, 1.82) is 0 Å². The summed E-state index contributed by atoms with van der Waals surface area (Å²) in [7, 11) is 1.31. The Balaban J connectivity index is 1.66. The van der Waals surface area contributed by atoms with Crippen molar-refractivity contribution in [3.63, 3.8) is 0 Å². The number of amides is 1. The summed E-state index contributed by atoms with van der Waals surface area (Å²) in [4.78, 5) is 39.1. The van der Waals surface area contributed by atoms with Crippen molar-refractivity contribution in [3.05, 3.63) is 16.0 Å². The average Bonchev–Trinajstić information content (AvgIpc) is 2.98. The van der Waals surface area contributed by atoms with Gasteiger partial charge in [0, 0.05) is 0 Å². The second kappa shape index (κ2) is 7.61. The van der Waals surface area contributed by atoms with Crippen molar-refractivity contribution in [2.75, 3.05) is 19.0 Å². The Morgan fingerprint density at radius 3 is 2.26 bits per heavy atom. The number of esters is 2. The highest BCUT2D eigenvalue weighted by Crippen LogP contribution is 2.69. The first-order valence-corrected chi connectivity index (χ1v) is 12.1. The van der Waals surface area contributed by atoms with Crippen LogP contribution in [0.25, 0.3) is 0 Å². The molecular formula is C24H33NO5S. The van der Waals surface area contributed by atoms with Gasteiger partial charge in [-0.05, 0) is 74.2 Å². The molecule has 0 saturated heterocycles. The summed E-state index contributed by atoms with van der Waals surface area (Å²) in [6.45, 7) is 8.57. The zero-order valence-corrected chi connectivity index (χ0v) is 20.0. The maximum absolute atomic E-state index is 13.7. The highest BCUT2D eigenvalue weighted by atomic mass is 32.1. The highest BCUT2D eigenvalue weighted by Gasteiger charge is 2.62. The van der Waals surface area contributed by atoms with E-state index in [1.165, 1.54) is 26.4 Å². The molecule has 1 aromatic rings. The third-order valence-electron chi connectivity index (χ3n) is 7.49. The lowest BCUT2D eigenvalue weighted by molar-refractivity contribution is -0.165. The maximum Gasteiger partial charge on any atom is 0.348 e. The average molecular weight is 448 g/mol. The molecule has 4 aliphatic carbocycles. The van der Waals surface area contributed by atoms with E-state index < -0.39 is 17.4 Å². The van der Waals surface area contributed by atoms with Crippen LogP contribution in [0, 0.1) is 29.1 Å². The molecule has 4 saturated carbocycles. The molecule has 1 N–H and O–H groups in total. The number of nitrogens with one attached hydrogen (secondary N) is 1. The van der Waals surface area contributed by atoms with Gasteiger partial charge in [-0.2, -0.15) is 0 Å². The third kappa shape index (κ3) is 3.79. The van der Waals surface area contributed by atoms with E-state index >= 15 is 0 Å². The summed E-state index contributed by atoms with van der Waals surface area (Å²) in [5, 5.41) is 3.47. The largest absolute Gasteiger partial charge is 0.465 e. The van der Waals surface area contributed by atoms with Crippen molar-refractivity contribution >= 4 is 34.2 Å². The Kier molecular flexibility index (Phi) is 5.48. The number of carbonyl (C=O) groups excluding carboxylic acids is 3. The molecule has 5 rings (SSSR count). The van der Waals surface area contributed by atoms with E-state index in [2.05, 4.69) is 19.2 Å². The molecule has 1 heterocycles. The van der Waals surface area contributed by atoms with E-state index in [4.69, 9.17) is 9.47 Å². The molecule has 170 valence electrons. The van der Waals surface area contributed by atoms with Crippen molar-refractivity contribution in [1.82, 2.24) is 0 Å². The quantitative estimate of drug-likeness (QED) is 0.595. The summed E-state index contributed by atoms with van der Waals surface area (Å²) in [6, 6.07) is 0. The first-order valence-electron chi connectivity index (χ1n) is 11.2. The molecule has 4 atom stereocenters. The van der Waals surface area contributed by atoms with Crippen LogP contribution in [0.1, 0.15) is 91.3 Å². The number of rotatable bonds is 6. The van der Waals surface area contributed by atoms with Gasteiger partial charge in [0.1, 0.15) is 9.88 Å². The fraction of sp³-hybridized carbons (Fsp3) is 0.708. The van der Waals surface area contributed by atoms with Gasteiger partial charge in [0.15, 0.2) is 0 Å². The lowest BCUT2D eigenvalue weighted by atomic mass is 9.40. The zero-order valence-electron chi connectivity index (χ0n) is 19.2. The Labute approximate surface area is 188 Å². The zero-order chi connectivity index (χ0) is 22.6. The van der Waals surface area contributed by atoms with Crippen molar-refractivity contribution < 1.29 is 23.9 Å².